The Bertz CT molecular complexity index is 783. The molecule has 8 heteroatoms. The Morgan fingerprint density at radius 1 is 1.08 bits per heavy atom. The second kappa shape index (κ2) is 7.73. The molecule has 26 heavy (non-hydrogen) atoms. The summed E-state index contributed by atoms with van der Waals surface area (Å²) in [6.45, 7) is 6.30. The van der Waals surface area contributed by atoms with Gasteiger partial charge in [-0.3, -0.25) is 24.1 Å². The van der Waals surface area contributed by atoms with E-state index in [0.29, 0.717) is 10.6 Å². The van der Waals surface area contributed by atoms with Crippen LogP contribution in [0.1, 0.15) is 24.2 Å². The van der Waals surface area contributed by atoms with E-state index in [1.54, 1.807) is 26.0 Å². The van der Waals surface area contributed by atoms with Gasteiger partial charge in [-0.2, -0.15) is 0 Å². The highest BCUT2D eigenvalue weighted by Crippen LogP contribution is 2.15. The van der Waals surface area contributed by atoms with Gasteiger partial charge in [0.15, 0.2) is 5.78 Å². The number of nitrogens with zero attached hydrogens (tertiary/aromatic N) is 2. The molecular formula is C18H19N3O5. The summed E-state index contributed by atoms with van der Waals surface area (Å²) in [6.07, 6.45) is 1.32. The summed E-state index contributed by atoms with van der Waals surface area (Å²) in [5.41, 5.74) is 0.781. The number of carbonyl (C=O) groups excluding carboxylic acids is 5. The highest BCUT2D eigenvalue weighted by molar-refractivity contribution is 6.45. The van der Waals surface area contributed by atoms with Gasteiger partial charge in [-0.05, 0) is 24.3 Å². The predicted octanol–water partition coefficient (Wildman–Crippen LogP) is 1.44. The molecule has 0 atom stereocenters. The van der Waals surface area contributed by atoms with E-state index >= 15 is 0 Å². The maximum atomic E-state index is 12.3. The molecule has 0 radical (unpaired) electrons. The lowest BCUT2D eigenvalue weighted by Gasteiger charge is -2.13. The number of nitrogens with one attached hydrogen (secondary N) is 1. The third kappa shape index (κ3) is 3.85. The Morgan fingerprint density at radius 3 is 2.19 bits per heavy atom. The van der Waals surface area contributed by atoms with Gasteiger partial charge in [-0.1, -0.05) is 19.9 Å². The minimum atomic E-state index is -1.04. The first-order chi connectivity index (χ1) is 12.3. The summed E-state index contributed by atoms with van der Waals surface area (Å²) in [7, 11) is 0. The molecule has 1 aromatic carbocycles. The molecule has 0 saturated carbocycles. The molecule has 0 spiro atoms. The van der Waals surface area contributed by atoms with Crippen molar-refractivity contribution in [2.75, 3.05) is 18.4 Å². The van der Waals surface area contributed by atoms with Crippen LogP contribution in [0.4, 0.5) is 10.5 Å². The van der Waals surface area contributed by atoms with Crippen LogP contribution in [-0.4, -0.2) is 52.4 Å². The fourth-order valence-corrected chi connectivity index (χ4v) is 2.24. The van der Waals surface area contributed by atoms with E-state index in [-0.39, 0.29) is 23.9 Å². The number of rotatable bonds is 7. The van der Waals surface area contributed by atoms with E-state index in [0.717, 1.165) is 4.90 Å². The van der Waals surface area contributed by atoms with Crippen LogP contribution < -0.4 is 5.32 Å². The fraction of sp³-hybridized carbons (Fsp3) is 0.278. The first kappa shape index (κ1) is 19.0. The van der Waals surface area contributed by atoms with Crippen LogP contribution in [0, 0.1) is 5.92 Å². The van der Waals surface area contributed by atoms with Gasteiger partial charge in [-0.15, -0.1) is 6.58 Å². The first-order valence-corrected chi connectivity index (χ1v) is 7.98. The Kier molecular flexibility index (Phi) is 5.66. The molecule has 5 amide bonds. The van der Waals surface area contributed by atoms with Crippen molar-refractivity contribution < 1.29 is 24.0 Å². The summed E-state index contributed by atoms with van der Waals surface area (Å²) < 4.78 is 0. The van der Waals surface area contributed by atoms with Crippen LogP contribution in [0.15, 0.2) is 36.9 Å². The topological polar surface area (TPSA) is 104 Å². The zero-order chi connectivity index (χ0) is 19.4. The summed E-state index contributed by atoms with van der Waals surface area (Å²) >= 11 is 0. The van der Waals surface area contributed by atoms with Gasteiger partial charge in [0, 0.05) is 23.7 Å². The quantitative estimate of drug-likeness (QED) is 0.344. The van der Waals surface area contributed by atoms with Gasteiger partial charge >= 0.3 is 17.8 Å². The Balaban J connectivity index is 2.07. The third-order valence-corrected chi connectivity index (χ3v) is 3.75. The lowest BCUT2D eigenvalue weighted by Crippen LogP contribution is -2.37. The normalized spacial score (nSPS) is 14.2. The zero-order valence-electron chi connectivity index (χ0n) is 14.5. The predicted molar refractivity (Wildman–Crippen MR) is 93.3 cm³/mol. The second-order valence-corrected chi connectivity index (χ2v) is 6.02. The van der Waals surface area contributed by atoms with Crippen molar-refractivity contribution in [3.63, 3.8) is 0 Å². The van der Waals surface area contributed by atoms with Gasteiger partial charge in [-0.25, -0.2) is 9.69 Å². The maximum absolute atomic E-state index is 12.3. The Morgan fingerprint density at radius 2 is 1.65 bits per heavy atom. The summed E-state index contributed by atoms with van der Waals surface area (Å²) in [5.74, 6) is -2.85. The summed E-state index contributed by atoms with van der Waals surface area (Å²) in [6, 6.07) is 5.22. The van der Waals surface area contributed by atoms with Crippen molar-refractivity contribution in [1.29, 1.82) is 0 Å². The lowest BCUT2D eigenvalue weighted by atomic mass is 10.1. The fourth-order valence-electron chi connectivity index (χ4n) is 2.24. The molecule has 0 aromatic heterocycles. The van der Waals surface area contributed by atoms with Crippen LogP contribution in [-0.2, 0) is 14.4 Å². The first-order valence-electron chi connectivity index (χ1n) is 7.98. The second-order valence-electron chi connectivity index (χ2n) is 6.02. The molecule has 2 rings (SSSR count). The number of imide groups is 2. The van der Waals surface area contributed by atoms with Crippen LogP contribution >= 0.6 is 0 Å². The summed E-state index contributed by atoms with van der Waals surface area (Å²) in [5, 5.41) is 2.69. The van der Waals surface area contributed by atoms with E-state index in [4.69, 9.17) is 0 Å². The monoisotopic (exact) mass is 357 g/mol. The van der Waals surface area contributed by atoms with Gasteiger partial charge in [0.1, 0.15) is 0 Å². The number of ketones is 1. The molecule has 1 N–H and O–H groups in total. The standard InChI is InChI=1S/C18H19N3O5/c1-4-9-20-16(24)17(25)21(18(20)26)10-14(22)12-5-7-13(8-6-12)19-15(23)11(2)3/h4-8,11H,1,9-10H2,2-3H3,(H,19,23). The highest BCUT2D eigenvalue weighted by Gasteiger charge is 2.44. The lowest BCUT2D eigenvalue weighted by molar-refractivity contribution is -0.142. The highest BCUT2D eigenvalue weighted by atomic mass is 16.2. The van der Waals surface area contributed by atoms with Gasteiger partial charge < -0.3 is 5.32 Å². The van der Waals surface area contributed by atoms with E-state index in [2.05, 4.69) is 11.9 Å². The van der Waals surface area contributed by atoms with Gasteiger partial charge in [0.25, 0.3) is 0 Å². The van der Waals surface area contributed by atoms with E-state index in [1.165, 1.54) is 18.2 Å². The number of amides is 5. The van der Waals surface area contributed by atoms with Crippen molar-refractivity contribution in [3.05, 3.63) is 42.5 Å². The van der Waals surface area contributed by atoms with Crippen molar-refractivity contribution in [3.8, 4) is 0 Å². The smallest absolute Gasteiger partial charge is 0.326 e. The number of hydrogen-bond donors (Lipinski definition) is 1. The van der Waals surface area contributed by atoms with Gasteiger partial charge in [0.2, 0.25) is 5.91 Å². The van der Waals surface area contributed by atoms with Crippen molar-refractivity contribution in [2.45, 2.75) is 13.8 Å². The van der Waals surface area contributed by atoms with Gasteiger partial charge in [0.05, 0.1) is 6.54 Å². The zero-order valence-corrected chi connectivity index (χ0v) is 14.5. The SMILES string of the molecule is C=CCN1C(=O)C(=O)N(CC(=O)c2ccc(NC(=O)C(C)C)cc2)C1=O. The Hall–Kier alpha value is -3.29. The molecule has 0 bridgehead atoms. The minimum Gasteiger partial charge on any atom is -0.326 e. The van der Waals surface area contributed by atoms with Crippen LogP contribution in [0.25, 0.3) is 0 Å². The van der Waals surface area contributed by atoms with Crippen LogP contribution in [0.3, 0.4) is 0 Å². The number of urea groups is 1. The molecule has 1 aliphatic heterocycles. The van der Waals surface area contributed by atoms with Crippen LogP contribution in [0.5, 0.6) is 0 Å². The number of hydrogen-bond acceptors (Lipinski definition) is 5. The molecule has 0 unspecified atom stereocenters. The molecule has 1 saturated heterocycles. The number of carbonyl (C=O) groups is 5. The number of anilines is 1. The van der Waals surface area contributed by atoms with E-state index in [9.17, 15) is 24.0 Å². The van der Waals surface area contributed by atoms with Crippen molar-refractivity contribution in [1.82, 2.24) is 9.80 Å². The van der Waals surface area contributed by atoms with Crippen molar-refractivity contribution >= 4 is 35.2 Å². The molecule has 1 aromatic rings. The molecule has 1 heterocycles. The Labute approximate surface area is 150 Å². The average Bonchev–Trinajstić information content (AvgIpc) is 2.80. The maximum Gasteiger partial charge on any atom is 0.334 e. The minimum absolute atomic E-state index is 0.0989. The third-order valence-electron chi connectivity index (χ3n) is 3.75. The molecular weight excluding hydrogens is 338 g/mol. The van der Waals surface area contributed by atoms with Crippen LogP contribution in [0.2, 0.25) is 0 Å². The van der Waals surface area contributed by atoms with E-state index < -0.39 is 30.2 Å². The number of benzene rings is 1. The van der Waals surface area contributed by atoms with Crippen molar-refractivity contribution in [2.24, 2.45) is 5.92 Å². The molecule has 8 nitrogen and oxygen atoms in total. The largest absolute Gasteiger partial charge is 0.334 e. The molecule has 0 aliphatic carbocycles. The molecule has 136 valence electrons. The average molecular weight is 357 g/mol. The molecule has 1 aliphatic rings. The summed E-state index contributed by atoms with van der Waals surface area (Å²) in [4.78, 5) is 61.0. The molecule has 1 fully saturated rings. The number of Topliss-reactive ketones (excluding diaryl/α,β-unsaturated/α-hetero) is 1. The van der Waals surface area contributed by atoms with E-state index in [1.807, 2.05) is 0 Å².